The van der Waals surface area contributed by atoms with Gasteiger partial charge in [-0.15, -0.1) is 11.3 Å². The third kappa shape index (κ3) is 2.36. The number of aromatic nitrogens is 2. The molecule has 2 aromatic heterocycles. The molecule has 4 rings (SSSR count). The van der Waals surface area contributed by atoms with Crippen molar-refractivity contribution in [2.24, 2.45) is 0 Å². The molecule has 1 N–H and O–H groups in total. The van der Waals surface area contributed by atoms with E-state index in [4.69, 9.17) is 4.98 Å². The van der Waals surface area contributed by atoms with Gasteiger partial charge in [-0.1, -0.05) is 0 Å². The minimum atomic E-state index is 0.703. The number of hydrogen-bond donors (Lipinski definition) is 1. The van der Waals surface area contributed by atoms with Crippen LogP contribution in [0.5, 0.6) is 0 Å². The Hall–Kier alpha value is -1.40. The number of fused-ring (bicyclic) bond motifs is 1. The van der Waals surface area contributed by atoms with E-state index in [9.17, 15) is 0 Å². The Kier molecular flexibility index (Phi) is 3.43. The van der Waals surface area contributed by atoms with Gasteiger partial charge in [0.1, 0.15) is 10.6 Å². The van der Waals surface area contributed by atoms with E-state index in [1.165, 1.54) is 37.7 Å². The molecule has 1 atom stereocenters. The van der Waals surface area contributed by atoms with Crippen LogP contribution in [-0.4, -0.2) is 54.1 Å². The number of thiophene rings is 1. The molecule has 2 aliphatic rings. The van der Waals surface area contributed by atoms with Crippen LogP contribution in [0.2, 0.25) is 0 Å². The highest BCUT2D eigenvalue weighted by Crippen LogP contribution is 2.32. The number of rotatable bonds is 3. The van der Waals surface area contributed by atoms with Crippen molar-refractivity contribution in [2.75, 3.05) is 43.4 Å². The monoisotopic (exact) mass is 303 g/mol. The van der Waals surface area contributed by atoms with Gasteiger partial charge >= 0.3 is 0 Å². The van der Waals surface area contributed by atoms with Crippen molar-refractivity contribution >= 4 is 33.3 Å². The fourth-order valence-corrected chi connectivity index (χ4v) is 4.29. The molecule has 0 aromatic carbocycles. The zero-order valence-electron chi connectivity index (χ0n) is 12.4. The summed E-state index contributed by atoms with van der Waals surface area (Å²) in [6.07, 6.45) is 3.98. The van der Waals surface area contributed by atoms with Crippen molar-refractivity contribution in [3.63, 3.8) is 0 Å². The molecule has 0 spiro atoms. The SMILES string of the molecule is CNc1nc(N2CCC(N3CCCC3)C2)c2ccsc2n1. The van der Waals surface area contributed by atoms with Crippen molar-refractivity contribution in [3.05, 3.63) is 11.4 Å². The lowest BCUT2D eigenvalue weighted by molar-refractivity contribution is 0.260. The number of nitrogens with zero attached hydrogens (tertiary/aromatic N) is 4. The fourth-order valence-electron chi connectivity index (χ4n) is 3.53. The van der Waals surface area contributed by atoms with Gasteiger partial charge in [0.25, 0.3) is 0 Å². The van der Waals surface area contributed by atoms with E-state index >= 15 is 0 Å². The summed E-state index contributed by atoms with van der Waals surface area (Å²) in [5.74, 6) is 1.83. The van der Waals surface area contributed by atoms with Crippen LogP contribution in [0, 0.1) is 0 Å². The van der Waals surface area contributed by atoms with Gasteiger partial charge in [0.05, 0.1) is 5.39 Å². The molecule has 0 saturated carbocycles. The second-order valence-electron chi connectivity index (χ2n) is 5.89. The Morgan fingerprint density at radius 1 is 1.24 bits per heavy atom. The Morgan fingerprint density at radius 2 is 2.10 bits per heavy atom. The van der Waals surface area contributed by atoms with Crippen LogP contribution in [0.4, 0.5) is 11.8 Å². The van der Waals surface area contributed by atoms with Crippen LogP contribution in [0.3, 0.4) is 0 Å². The Labute approximate surface area is 129 Å². The van der Waals surface area contributed by atoms with Crippen molar-refractivity contribution in [1.82, 2.24) is 14.9 Å². The second-order valence-corrected chi connectivity index (χ2v) is 6.79. The molecule has 21 heavy (non-hydrogen) atoms. The van der Waals surface area contributed by atoms with Gasteiger partial charge in [-0.2, -0.15) is 4.98 Å². The minimum Gasteiger partial charge on any atom is -0.357 e. The zero-order valence-corrected chi connectivity index (χ0v) is 13.2. The lowest BCUT2D eigenvalue weighted by Gasteiger charge is -2.24. The number of nitrogens with one attached hydrogen (secondary N) is 1. The molecule has 112 valence electrons. The molecule has 0 aliphatic carbocycles. The van der Waals surface area contributed by atoms with Gasteiger partial charge in [-0.3, -0.25) is 4.90 Å². The molecule has 6 heteroatoms. The summed E-state index contributed by atoms with van der Waals surface area (Å²) in [7, 11) is 1.88. The maximum Gasteiger partial charge on any atom is 0.225 e. The summed E-state index contributed by atoms with van der Waals surface area (Å²) < 4.78 is 0. The smallest absolute Gasteiger partial charge is 0.225 e. The molecule has 4 heterocycles. The Morgan fingerprint density at radius 3 is 2.90 bits per heavy atom. The van der Waals surface area contributed by atoms with E-state index in [2.05, 4.69) is 31.5 Å². The molecular weight excluding hydrogens is 282 g/mol. The summed E-state index contributed by atoms with van der Waals surface area (Å²) in [5, 5.41) is 6.39. The van der Waals surface area contributed by atoms with Crippen LogP contribution in [-0.2, 0) is 0 Å². The van der Waals surface area contributed by atoms with Crippen molar-refractivity contribution in [1.29, 1.82) is 0 Å². The van der Waals surface area contributed by atoms with E-state index in [0.717, 1.165) is 29.7 Å². The first kappa shape index (κ1) is 13.3. The highest BCUT2D eigenvalue weighted by atomic mass is 32.1. The van der Waals surface area contributed by atoms with Gasteiger partial charge in [0.15, 0.2) is 0 Å². The van der Waals surface area contributed by atoms with Crippen LogP contribution in [0.15, 0.2) is 11.4 Å². The fraction of sp³-hybridized carbons (Fsp3) is 0.600. The van der Waals surface area contributed by atoms with Crippen molar-refractivity contribution < 1.29 is 0 Å². The highest BCUT2D eigenvalue weighted by Gasteiger charge is 2.30. The third-order valence-electron chi connectivity index (χ3n) is 4.65. The van der Waals surface area contributed by atoms with E-state index < -0.39 is 0 Å². The molecule has 0 bridgehead atoms. The van der Waals surface area contributed by atoms with Gasteiger partial charge in [-0.05, 0) is 43.8 Å². The van der Waals surface area contributed by atoms with E-state index in [1.54, 1.807) is 11.3 Å². The number of hydrogen-bond acceptors (Lipinski definition) is 6. The first-order chi connectivity index (χ1) is 10.3. The quantitative estimate of drug-likeness (QED) is 0.943. The van der Waals surface area contributed by atoms with Gasteiger partial charge < -0.3 is 10.2 Å². The number of anilines is 2. The predicted octanol–water partition coefficient (Wildman–Crippen LogP) is 2.41. The lowest BCUT2D eigenvalue weighted by Crippen LogP contribution is -2.35. The largest absolute Gasteiger partial charge is 0.357 e. The van der Waals surface area contributed by atoms with Crippen LogP contribution >= 0.6 is 11.3 Å². The summed E-state index contributed by atoms with van der Waals surface area (Å²) in [5.41, 5.74) is 0. The van der Waals surface area contributed by atoms with E-state index in [1.807, 2.05) is 7.05 Å². The molecular formula is C15H21N5S. The molecule has 0 amide bonds. The summed E-state index contributed by atoms with van der Waals surface area (Å²) in [6.45, 7) is 4.76. The second kappa shape index (κ2) is 5.42. The lowest BCUT2D eigenvalue weighted by atomic mass is 10.2. The topological polar surface area (TPSA) is 44.3 Å². The molecule has 0 radical (unpaired) electrons. The molecule has 2 saturated heterocycles. The van der Waals surface area contributed by atoms with Gasteiger partial charge in [0.2, 0.25) is 5.95 Å². The average Bonchev–Trinajstić information content (AvgIpc) is 3.24. The van der Waals surface area contributed by atoms with Crippen LogP contribution < -0.4 is 10.2 Å². The van der Waals surface area contributed by atoms with Gasteiger partial charge in [0, 0.05) is 26.2 Å². The van der Waals surface area contributed by atoms with E-state index in [-0.39, 0.29) is 0 Å². The summed E-state index contributed by atoms with van der Waals surface area (Å²) in [4.78, 5) is 15.4. The minimum absolute atomic E-state index is 0.703. The van der Waals surface area contributed by atoms with Crippen LogP contribution in [0.25, 0.3) is 10.2 Å². The Bertz CT molecular complexity index is 634. The van der Waals surface area contributed by atoms with Gasteiger partial charge in [-0.25, -0.2) is 4.98 Å². The predicted molar refractivity (Wildman–Crippen MR) is 88.4 cm³/mol. The van der Waals surface area contributed by atoms with E-state index in [0.29, 0.717) is 6.04 Å². The number of likely N-dealkylation sites (tertiary alicyclic amines) is 1. The molecule has 1 unspecified atom stereocenters. The first-order valence-corrected chi connectivity index (χ1v) is 8.65. The average molecular weight is 303 g/mol. The standard InChI is InChI=1S/C15H21N5S/c1-16-15-17-13(12-5-9-21-14(12)18-15)20-8-4-11(10-20)19-6-2-3-7-19/h5,9,11H,2-4,6-8,10H2,1H3,(H,16,17,18). The highest BCUT2D eigenvalue weighted by molar-refractivity contribution is 7.16. The van der Waals surface area contributed by atoms with Crippen molar-refractivity contribution in [3.8, 4) is 0 Å². The molecule has 2 fully saturated rings. The molecule has 2 aliphatic heterocycles. The normalized spacial score (nSPS) is 23.3. The van der Waals surface area contributed by atoms with Crippen LogP contribution in [0.1, 0.15) is 19.3 Å². The zero-order chi connectivity index (χ0) is 14.2. The first-order valence-electron chi connectivity index (χ1n) is 7.77. The third-order valence-corrected chi connectivity index (χ3v) is 5.46. The maximum absolute atomic E-state index is 4.73. The molecule has 5 nitrogen and oxygen atoms in total. The maximum atomic E-state index is 4.73. The summed E-state index contributed by atoms with van der Waals surface area (Å²) >= 11 is 1.69. The Balaban J connectivity index is 1.62. The summed E-state index contributed by atoms with van der Waals surface area (Å²) in [6, 6.07) is 2.85. The van der Waals surface area contributed by atoms with Crippen molar-refractivity contribution in [2.45, 2.75) is 25.3 Å². The molecule has 2 aromatic rings.